The molecule has 2 atom stereocenters. The predicted octanol–water partition coefficient (Wildman–Crippen LogP) is 1.63. The summed E-state index contributed by atoms with van der Waals surface area (Å²) in [6.07, 6.45) is 0.0389. The lowest BCUT2D eigenvalue weighted by Crippen LogP contribution is -2.48. The van der Waals surface area contributed by atoms with Gasteiger partial charge in [-0.3, -0.25) is 4.79 Å². The number of hydrogen-bond donors (Lipinski definition) is 1. The first-order valence-corrected chi connectivity index (χ1v) is 6.25. The van der Waals surface area contributed by atoms with Crippen LogP contribution in [0.25, 0.3) is 0 Å². The molecule has 1 aromatic rings. The molecule has 19 heavy (non-hydrogen) atoms. The number of amides is 1. The lowest BCUT2D eigenvalue weighted by Gasteiger charge is -2.35. The van der Waals surface area contributed by atoms with Gasteiger partial charge in [0.1, 0.15) is 0 Å². The summed E-state index contributed by atoms with van der Waals surface area (Å²) in [5.74, 6) is -1.08. The minimum atomic E-state index is -0.993. The quantitative estimate of drug-likeness (QED) is 0.880. The molecule has 0 radical (unpaired) electrons. The molecule has 1 aliphatic rings. The lowest BCUT2D eigenvalue weighted by molar-refractivity contribution is -0.0586. The van der Waals surface area contributed by atoms with Crippen LogP contribution in [0.2, 0.25) is 0 Å². The molecule has 0 spiro atoms. The molecule has 0 unspecified atom stereocenters. The highest BCUT2D eigenvalue weighted by molar-refractivity contribution is 5.96. The van der Waals surface area contributed by atoms with E-state index in [9.17, 15) is 9.59 Å². The molecule has 1 saturated heterocycles. The topological polar surface area (TPSA) is 66.8 Å². The van der Waals surface area contributed by atoms with Crippen LogP contribution in [0.15, 0.2) is 24.3 Å². The van der Waals surface area contributed by atoms with Crippen LogP contribution in [0, 0.1) is 0 Å². The van der Waals surface area contributed by atoms with Gasteiger partial charge in [-0.25, -0.2) is 4.79 Å². The van der Waals surface area contributed by atoms with Crippen LogP contribution in [-0.2, 0) is 4.74 Å². The maximum Gasteiger partial charge on any atom is 0.335 e. The Balaban J connectivity index is 2.12. The fourth-order valence-electron chi connectivity index (χ4n) is 2.28. The van der Waals surface area contributed by atoms with Gasteiger partial charge in [-0.2, -0.15) is 0 Å². The maximum atomic E-state index is 12.3. The van der Waals surface area contributed by atoms with Crippen molar-refractivity contribution in [2.75, 3.05) is 13.1 Å². The van der Waals surface area contributed by atoms with Crippen LogP contribution in [-0.4, -0.2) is 47.2 Å². The lowest BCUT2D eigenvalue weighted by atomic mass is 10.1. The molecule has 102 valence electrons. The van der Waals surface area contributed by atoms with E-state index in [1.807, 2.05) is 13.8 Å². The van der Waals surface area contributed by atoms with Crippen LogP contribution in [0.3, 0.4) is 0 Å². The van der Waals surface area contributed by atoms with Gasteiger partial charge in [0.25, 0.3) is 5.91 Å². The van der Waals surface area contributed by atoms with Gasteiger partial charge in [0.15, 0.2) is 0 Å². The second-order valence-corrected chi connectivity index (χ2v) is 4.85. The van der Waals surface area contributed by atoms with Crippen LogP contribution in [0.1, 0.15) is 34.6 Å². The number of aromatic carboxylic acids is 1. The number of hydrogen-bond acceptors (Lipinski definition) is 3. The Morgan fingerprint density at radius 1 is 1.11 bits per heavy atom. The largest absolute Gasteiger partial charge is 0.478 e. The number of carbonyl (C=O) groups excluding carboxylic acids is 1. The van der Waals surface area contributed by atoms with Crippen molar-refractivity contribution in [3.63, 3.8) is 0 Å². The third kappa shape index (κ3) is 3.12. The zero-order valence-electron chi connectivity index (χ0n) is 11.0. The van der Waals surface area contributed by atoms with Crippen molar-refractivity contribution in [2.45, 2.75) is 26.1 Å². The zero-order chi connectivity index (χ0) is 14.0. The summed E-state index contributed by atoms with van der Waals surface area (Å²) in [5, 5.41) is 8.82. The van der Waals surface area contributed by atoms with E-state index in [1.165, 1.54) is 12.1 Å². The van der Waals surface area contributed by atoms with Gasteiger partial charge in [-0.05, 0) is 38.1 Å². The van der Waals surface area contributed by atoms with E-state index in [4.69, 9.17) is 9.84 Å². The molecule has 0 aliphatic carbocycles. The number of rotatable bonds is 2. The van der Waals surface area contributed by atoms with Gasteiger partial charge in [0, 0.05) is 18.7 Å². The summed E-state index contributed by atoms with van der Waals surface area (Å²) in [6, 6.07) is 6.00. The predicted molar refractivity (Wildman–Crippen MR) is 69.3 cm³/mol. The number of benzene rings is 1. The fraction of sp³-hybridized carbons (Fsp3) is 0.429. The maximum absolute atomic E-state index is 12.3. The van der Waals surface area contributed by atoms with Crippen molar-refractivity contribution in [3.8, 4) is 0 Å². The summed E-state index contributed by atoms with van der Waals surface area (Å²) in [5.41, 5.74) is 0.687. The van der Waals surface area contributed by atoms with E-state index in [-0.39, 0.29) is 23.7 Å². The third-order valence-corrected chi connectivity index (χ3v) is 3.09. The Hall–Kier alpha value is -1.88. The number of carbonyl (C=O) groups is 2. The smallest absolute Gasteiger partial charge is 0.335 e. The van der Waals surface area contributed by atoms with Crippen LogP contribution in [0.5, 0.6) is 0 Å². The monoisotopic (exact) mass is 263 g/mol. The van der Waals surface area contributed by atoms with E-state index in [1.54, 1.807) is 17.0 Å². The normalized spacial score (nSPS) is 23.2. The van der Waals surface area contributed by atoms with Crippen molar-refractivity contribution in [3.05, 3.63) is 35.4 Å². The van der Waals surface area contributed by atoms with Gasteiger partial charge < -0.3 is 14.7 Å². The highest BCUT2D eigenvalue weighted by atomic mass is 16.5. The number of carboxylic acid groups (broad SMARTS) is 1. The minimum Gasteiger partial charge on any atom is -0.478 e. The molecule has 0 aromatic heterocycles. The Morgan fingerprint density at radius 3 is 2.05 bits per heavy atom. The number of nitrogens with zero attached hydrogens (tertiary/aromatic N) is 1. The first-order valence-electron chi connectivity index (χ1n) is 6.25. The molecule has 0 bridgehead atoms. The van der Waals surface area contributed by atoms with Gasteiger partial charge >= 0.3 is 5.97 Å². The highest BCUT2D eigenvalue weighted by Crippen LogP contribution is 2.15. The zero-order valence-corrected chi connectivity index (χ0v) is 11.0. The first-order chi connectivity index (χ1) is 8.97. The SMILES string of the molecule is C[C@H]1CN(C(=O)c2ccc(C(=O)O)cc2)C[C@H](C)O1. The fourth-order valence-corrected chi connectivity index (χ4v) is 2.28. The Morgan fingerprint density at radius 2 is 1.58 bits per heavy atom. The van der Waals surface area contributed by atoms with Crippen LogP contribution in [0.4, 0.5) is 0 Å². The second-order valence-electron chi connectivity index (χ2n) is 4.85. The molecular weight excluding hydrogens is 246 g/mol. The summed E-state index contributed by atoms with van der Waals surface area (Å²) in [4.78, 5) is 24.8. The van der Waals surface area contributed by atoms with Crippen molar-refractivity contribution < 1.29 is 19.4 Å². The molecule has 5 heteroatoms. The highest BCUT2D eigenvalue weighted by Gasteiger charge is 2.26. The summed E-state index contributed by atoms with van der Waals surface area (Å²) < 4.78 is 5.58. The van der Waals surface area contributed by atoms with Crippen molar-refractivity contribution in [1.82, 2.24) is 4.90 Å². The standard InChI is InChI=1S/C14H17NO4/c1-9-7-15(8-10(2)19-9)13(16)11-3-5-12(6-4-11)14(17)18/h3-6,9-10H,7-8H2,1-2H3,(H,17,18)/t9-,10-/m0/s1. The summed E-state index contributed by atoms with van der Waals surface area (Å²) >= 11 is 0. The Bertz CT molecular complexity index is 473. The molecular formula is C14H17NO4. The first kappa shape index (κ1) is 13.5. The summed E-state index contributed by atoms with van der Waals surface area (Å²) in [7, 11) is 0. The molecule has 2 rings (SSSR count). The molecule has 1 fully saturated rings. The molecule has 1 heterocycles. The van der Waals surface area contributed by atoms with Gasteiger partial charge in [-0.1, -0.05) is 0 Å². The second kappa shape index (κ2) is 5.40. The van der Waals surface area contributed by atoms with Crippen LogP contribution < -0.4 is 0 Å². The molecule has 1 amide bonds. The van der Waals surface area contributed by atoms with E-state index < -0.39 is 5.97 Å². The number of ether oxygens (including phenoxy) is 1. The Kier molecular flexibility index (Phi) is 3.85. The van der Waals surface area contributed by atoms with Crippen molar-refractivity contribution in [2.24, 2.45) is 0 Å². The van der Waals surface area contributed by atoms with Crippen LogP contribution >= 0.6 is 0 Å². The van der Waals surface area contributed by atoms with Gasteiger partial charge in [-0.15, -0.1) is 0 Å². The average Bonchev–Trinajstić information content (AvgIpc) is 2.37. The van der Waals surface area contributed by atoms with E-state index >= 15 is 0 Å². The van der Waals surface area contributed by atoms with Gasteiger partial charge in [0.2, 0.25) is 0 Å². The molecule has 5 nitrogen and oxygen atoms in total. The van der Waals surface area contributed by atoms with E-state index in [0.717, 1.165) is 0 Å². The minimum absolute atomic E-state index is 0.0194. The van der Waals surface area contributed by atoms with Gasteiger partial charge in [0.05, 0.1) is 17.8 Å². The Labute approximate surface area is 111 Å². The molecule has 1 N–H and O–H groups in total. The molecule has 1 aliphatic heterocycles. The molecule has 0 saturated carbocycles. The van der Waals surface area contributed by atoms with E-state index in [2.05, 4.69) is 0 Å². The third-order valence-electron chi connectivity index (χ3n) is 3.09. The van der Waals surface area contributed by atoms with Crippen molar-refractivity contribution >= 4 is 11.9 Å². The molecule has 1 aromatic carbocycles. The number of morpholine rings is 1. The summed E-state index contributed by atoms with van der Waals surface area (Å²) in [6.45, 7) is 4.99. The average molecular weight is 263 g/mol. The van der Waals surface area contributed by atoms with Crippen molar-refractivity contribution in [1.29, 1.82) is 0 Å². The number of carboxylic acids is 1. The van der Waals surface area contributed by atoms with E-state index in [0.29, 0.717) is 18.7 Å².